The van der Waals surface area contributed by atoms with Gasteiger partial charge in [0, 0.05) is 12.6 Å². The summed E-state index contributed by atoms with van der Waals surface area (Å²) in [6.45, 7) is 6.69. The zero-order chi connectivity index (χ0) is 11.4. The quantitative estimate of drug-likeness (QED) is 0.785. The van der Waals surface area contributed by atoms with Gasteiger partial charge in [-0.25, -0.2) is 0 Å². The molecular weight excluding hydrogens is 228 g/mol. The first-order chi connectivity index (χ1) is 7.04. The molecular formula is C11H23ClN2O2. The topological polar surface area (TPSA) is 64.4 Å². The summed E-state index contributed by atoms with van der Waals surface area (Å²) in [6.07, 6.45) is 1.46. The second kappa shape index (κ2) is 7.09. The molecule has 1 saturated heterocycles. The van der Waals surface area contributed by atoms with E-state index in [1.54, 1.807) is 0 Å². The molecule has 1 aliphatic heterocycles. The Morgan fingerprint density at radius 1 is 1.44 bits per heavy atom. The van der Waals surface area contributed by atoms with Crippen molar-refractivity contribution in [3.05, 3.63) is 0 Å². The standard InChI is InChI=1S/C11H22N2O2.ClH/c1-7(2)8(3)13-11(14)10-5-4-9(6-12)15-10;/h7-10H,4-6,12H2,1-3H3,(H,13,14);1H/t8?,9-,10+;/m1./s1. The third kappa shape index (κ3) is 4.28. The van der Waals surface area contributed by atoms with Crippen molar-refractivity contribution in [2.24, 2.45) is 11.7 Å². The lowest BCUT2D eigenvalue weighted by Crippen LogP contribution is -2.42. The van der Waals surface area contributed by atoms with Crippen molar-refractivity contribution in [1.29, 1.82) is 0 Å². The summed E-state index contributed by atoms with van der Waals surface area (Å²) in [4.78, 5) is 11.7. The number of nitrogens with one attached hydrogen (secondary N) is 1. The van der Waals surface area contributed by atoms with Gasteiger partial charge in [-0.3, -0.25) is 4.79 Å². The molecule has 3 atom stereocenters. The predicted octanol–water partition coefficient (Wildman–Crippen LogP) is 1.08. The van der Waals surface area contributed by atoms with Crippen LogP contribution in [0.2, 0.25) is 0 Å². The summed E-state index contributed by atoms with van der Waals surface area (Å²) < 4.78 is 5.52. The van der Waals surface area contributed by atoms with E-state index in [9.17, 15) is 4.79 Å². The summed E-state index contributed by atoms with van der Waals surface area (Å²) in [5, 5.41) is 2.96. The van der Waals surface area contributed by atoms with Gasteiger partial charge in [0.25, 0.3) is 0 Å². The summed E-state index contributed by atoms with van der Waals surface area (Å²) in [6, 6.07) is 0.193. The summed E-state index contributed by atoms with van der Waals surface area (Å²) in [5.41, 5.74) is 5.49. The molecule has 1 amide bonds. The van der Waals surface area contributed by atoms with Crippen molar-refractivity contribution < 1.29 is 9.53 Å². The largest absolute Gasteiger partial charge is 0.364 e. The molecule has 0 aromatic rings. The van der Waals surface area contributed by atoms with E-state index in [1.807, 2.05) is 6.92 Å². The Hall–Kier alpha value is -0.320. The molecule has 0 aromatic carbocycles. The molecule has 1 aliphatic rings. The Labute approximate surface area is 104 Å². The maximum absolute atomic E-state index is 11.7. The van der Waals surface area contributed by atoms with Crippen LogP contribution in [0.15, 0.2) is 0 Å². The SMILES string of the molecule is CC(C)C(C)NC(=O)[C@@H]1CC[C@H](CN)O1.Cl. The maximum atomic E-state index is 11.7. The van der Waals surface area contributed by atoms with Crippen LogP contribution in [-0.2, 0) is 9.53 Å². The Morgan fingerprint density at radius 3 is 2.50 bits per heavy atom. The van der Waals surface area contributed by atoms with E-state index >= 15 is 0 Å². The van der Waals surface area contributed by atoms with Crippen LogP contribution >= 0.6 is 12.4 Å². The van der Waals surface area contributed by atoms with Gasteiger partial charge in [-0.05, 0) is 25.7 Å². The second-order valence-corrected chi connectivity index (χ2v) is 4.60. The Bertz CT molecular complexity index is 224. The number of halogens is 1. The highest BCUT2D eigenvalue weighted by atomic mass is 35.5. The van der Waals surface area contributed by atoms with Gasteiger partial charge in [0.1, 0.15) is 6.10 Å². The van der Waals surface area contributed by atoms with Crippen LogP contribution in [0.3, 0.4) is 0 Å². The van der Waals surface area contributed by atoms with E-state index in [4.69, 9.17) is 10.5 Å². The molecule has 16 heavy (non-hydrogen) atoms. The normalized spacial score (nSPS) is 26.3. The second-order valence-electron chi connectivity index (χ2n) is 4.60. The number of hydrogen-bond donors (Lipinski definition) is 2. The van der Waals surface area contributed by atoms with Crippen molar-refractivity contribution in [1.82, 2.24) is 5.32 Å². The molecule has 1 fully saturated rings. The number of carbonyl (C=O) groups is 1. The third-order valence-corrected chi connectivity index (χ3v) is 3.03. The van der Waals surface area contributed by atoms with Gasteiger partial charge in [0.15, 0.2) is 0 Å². The number of nitrogens with two attached hydrogens (primary N) is 1. The van der Waals surface area contributed by atoms with Crippen molar-refractivity contribution in [3.8, 4) is 0 Å². The summed E-state index contributed by atoms with van der Waals surface area (Å²) in [5.74, 6) is 0.452. The smallest absolute Gasteiger partial charge is 0.249 e. The Morgan fingerprint density at radius 2 is 2.06 bits per heavy atom. The van der Waals surface area contributed by atoms with Crippen molar-refractivity contribution in [2.45, 2.75) is 51.9 Å². The fourth-order valence-electron chi connectivity index (χ4n) is 1.56. The van der Waals surface area contributed by atoms with Crippen molar-refractivity contribution >= 4 is 18.3 Å². The van der Waals surface area contributed by atoms with Gasteiger partial charge >= 0.3 is 0 Å². The average Bonchev–Trinajstić information content (AvgIpc) is 2.65. The highest BCUT2D eigenvalue weighted by molar-refractivity contribution is 5.85. The molecule has 0 saturated carbocycles. The van der Waals surface area contributed by atoms with E-state index in [0.29, 0.717) is 12.5 Å². The van der Waals surface area contributed by atoms with Crippen LogP contribution in [0.5, 0.6) is 0 Å². The van der Waals surface area contributed by atoms with Crippen LogP contribution in [-0.4, -0.2) is 30.7 Å². The number of hydrogen-bond acceptors (Lipinski definition) is 3. The lowest BCUT2D eigenvalue weighted by atomic mass is 10.1. The van der Waals surface area contributed by atoms with E-state index in [2.05, 4.69) is 19.2 Å². The van der Waals surface area contributed by atoms with Crippen LogP contribution < -0.4 is 11.1 Å². The zero-order valence-electron chi connectivity index (χ0n) is 10.2. The molecule has 3 N–H and O–H groups in total. The predicted molar refractivity (Wildman–Crippen MR) is 66.6 cm³/mol. The highest BCUT2D eigenvalue weighted by Gasteiger charge is 2.30. The van der Waals surface area contributed by atoms with Crippen molar-refractivity contribution in [3.63, 3.8) is 0 Å². The minimum absolute atomic E-state index is 0. The molecule has 0 bridgehead atoms. The maximum Gasteiger partial charge on any atom is 0.249 e. The van der Waals surface area contributed by atoms with Crippen LogP contribution in [0.25, 0.3) is 0 Å². The van der Waals surface area contributed by atoms with Crippen LogP contribution in [0.4, 0.5) is 0 Å². The summed E-state index contributed by atoms with van der Waals surface area (Å²) >= 11 is 0. The molecule has 5 heteroatoms. The molecule has 0 aromatic heterocycles. The molecule has 96 valence electrons. The van der Waals surface area contributed by atoms with E-state index in [-0.39, 0.29) is 36.6 Å². The number of ether oxygens (including phenoxy) is 1. The molecule has 1 heterocycles. The molecule has 0 spiro atoms. The molecule has 4 nitrogen and oxygen atoms in total. The highest BCUT2D eigenvalue weighted by Crippen LogP contribution is 2.19. The molecule has 0 aliphatic carbocycles. The lowest BCUT2D eigenvalue weighted by molar-refractivity contribution is -0.132. The fraction of sp³-hybridized carbons (Fsp3) is 0.909. The molecule has 1 unspecified atom stereocenters. The molecule has 0 radical (unpaired) electrons. The Balaban J connectivity index is 0.00000225. The van der Waals surface area contributed by atoms with Gasteiger partial charge in [0.05, 0.1) is 6.10 Å². The number of amides is 1. The van der Waals surface area contributed by atoms with Crippen LogP contribution in [0.1, 0.15) is 33.6 Å². The van der Waals surface area contributed by atoms with E-state index in [1.165, 1.54) is 0 Å². The first kappa shape index (κ1) is 15.7. The van der Waals surface area contributed by atoms with Crippen molar-refractivity contribution in [2.75, 3.05) is 6.54 Å². The van der Waals surface area contributed by atoms with Gasteiger partial charge in [0.2, 0.25) is 5.91 Å². The minimum Gasteiger partial charge on any atom is -0.364 e. The monoisotopic (exact) mass is 250 g/mol. The molecule has 1 rings (SSSR count). The summed E-state index contributed by atoms with van der Waals surface area (Å²) in [7, 11) is 0. The number of carbonyl (C=O) groups excluding carboxylic acids is 1. The van der Waals surface area contributed by atoms with E-state index < -0.39 is 0 Å². The Kier molecular flexibility index (Phi) is 6.95. The van der Waals surface area contributed by atoms with Gasteiger partial charge in [-0.1, -0.05) is 13.8 Å². The van der Waals surface area contributed by atoms with Gasteiger partial charge < -0.3 is 15.8 Å². The lowest BCUT2D eigenvalue weighted by Gasteiger charge is -2.20. The first-order valence-electron chi connectivity index (χ1n) is 5.70. The van der Waals surface area contributed by atoms with Gasteiger partial charge in [-0.15, -0.1) is 12.4 Å². The zero-order valence-corrected chi connectivity index (χ0v) is 11.0. The first-order valence-corrected chi connectivity index (χ1v) is 5.70. The minimum atomic E-state index is -0.292. The fourth-order valence-corrected chi connectivity index (χ4v) is 1.56. The van der Waals surface area contributed by atoms with E-state index in [0.717, 1.165) is 12.8 Å². The van der Waals surface area contributed by atoms with Crippen LogP contribution in [0, 0.1) is 5.92 Å². The average molecular weight is 251 g/mol. The van der Waals surface area contributed by atoms with Gasteiger partial charge in [-0.2, -0.15) is 0 Å². The third-order valence-electron chi connectivity index (χ3n) is 3.03. The number of rotatable bonds is 4.